The van der Waals surface area contributed by atoms with Crippen molar-refractivity contribution in [1.82, 2.24) is 9.72 Å². The molecule has 4 rings (SSSR count). The Balaban J connectivity index is 1.82. The van der Waals surface area contributed by atoms with Crippen LogP contribution in [0, 0.1) is 35.3 Å². The summed E-state index contributed by atoms with van der Waals surface area (Å²) in [6, 6.07) is 17.7. The number of aryl methyl sites for hydroxylation is 1. The Bertz CT molecular complexity index is 1340. The first-order chi connectivity index (χ1) is 14.5. The molecule has 7 nitrogen and oxygen atoms in total. The number of nitro groups is 1. The molecular weight excluding hydrogens is 380 g/mol. The third-order valence-corrected chi connectivity index (χ3v) is 5.19. The van der Waals surface area contributed by atoms with Crippen LogP contribution in [0.4, 0.5) is 5.69 Å². The van der Waals surface area contributed by atoms with Gasteiger partial charge in [0.15, 0.2) is 5.69 Å². The Morgan fingerprint density at radius 1 is 1.17 bits per heavy atom. The zero-order valence-corrected chi connectivity index (χ0v) is 16.5. The van der Waals surface area contributed by atoms with E-state index in [0.29, 0.717) is 12.1 Å². The van der Waals surface area contributed by atoms with Crippen molar-refractivity contribution >= 4 is 28.7 Å². The highest BCUT2D eigenvalue weighted by Crippen LogP contribution is 2.30. The lowest BCUT2D eigenvalue weighted by Crippen LogP contribution is -2.03. The van der Waals surface area contributed by atoms with Gasteiger partial charge in [-0.2, -0.15) is 5.26 Å². The third kappa shape index (κ3) is 3.25. The van der Waals surface area contributed by atoms with Gasteiger partial charge < -0.3 is 9.09 Å². The summed E-state index contributed by atoms with van der Waals surface area (Å²) in [5.74, 6) is 0.114. The van der Waals surface area contributed by atoms with Crippen LogP contribution >= 0.6 is 0 Å². The minimum atomic E-state index is -0.486. The second-order valence-electron chi connectivity index (χ2n) is 6.94. The molecule has 0 amide bonds. The van der Waals surface area contributed by atoms with Crippen molar-refractivity contribution in [3.63, 3.8) is 0 Å². The van der Waals surface area contributed by atoms with Crippen LogP contribution < -0.4 is 0 Å². The number of hydrogen-bond donors (Lipinski definition) is 0. The SMILES string of the molecule is Cc1noc(/C=C/c2c(C)n(Cc3ccccc3C#N)c3ccccc23)c1[N+](=O)[O-]. The maximum Gasteiger partial charge on any atom is 0.338 e. The van der Waals surface area contributed by atoms with Gasteiger partial charge in [-0.05, 0) is 43.7 Å². The second-order valence-corrected chi connectivity index (χ2v) is 6.94. The van der Waals surface area contributed by atoms with Crippen LogP contribution in [0.15, 0.2) is 53.1 Å². The van der Waals surface area contributed by atoms with E-state index < -0.39 is 4.92 Å². The first kappa shape index (κ1) is 19.2. The Kier molecular flexibility index (Phi) is 4.90. The van der Waals surface area contributed by atoms with Crippen LogP contribution in [0.2, 0.25) is 0 Å². The average Bonchev–Trinajstić information content (AvgIpc) is 3.24. The summed E-state index contributed by atoms with van der Waals surface area (Å²) in [6.07, 6.45) is 3.40. The van der Waals surface area contributed by atoms with E-state index in [-0.39, 0.29) is 17.1 Å². The standard InChI is InChI=1S/C23H18N4O3/c1-15-23(27(28)29)22(30-25-15)12-11-19-16(2)26(21-10-6-5-9-20(19)21)14-18-8-4-3-7-17(18)13-24/h3-12H,14H2,1-2H3/b12-11+. The molecule has 148 valence electrons. The summed E-state index contributed by atoms with van der Waals surface area (Å²) in [5, 5.41) is 25.5. The maximum atomic E-state index is 11.3. The predicted octanol–water partition coefficient (Wildman–Crippen LogP) is 5.24. The van der Waals surface area contributed by atoms with E-state index in [1.807, 2.05) is 61.5 Å². The summed E-state index contributed by atoms with van der Waals surface area (Å²) in [6.45, 7) is 4.09. The zero-order valence-electron chi connectivity index (χ0n) is 16.5. The van der Waals surface area contributed by atoms with Crippen molar-refractivity contribution in [3.05, 3.63) is 92.5 Å². The first-order valence-electron chi connectivity index (χ1n) is 9.36. The van der Waals surface area contributed by atoms with Crippen molar-refractivity contribution in [2.24, 2.45) is 0 Å². The molecule has 2 heterocycles. The first-order valence-corrected chi connectivity index (χ1v) is 9.36. The van der Waals surface area contributed by atoms with Crippen molar-refractivity contribution in [2.75, 3.05) is 0 Å². The maximum absolute atomic E-state index is 11.3. The lowest BCUT2D eigenvalue weighted by molar-refractivity contribution is -0.386. The Hall–Kier alpha value is -4.18. The molecule has 0 aliphatic carbocycles. The fourth-order valence-corrected chi connectivity index (χ4v) is 3.68. The fraction of sp³-hybridized carbons (Fsp3) is 0.130. The molecule has 7 heteroatoms. The average molecular weight is 398 g/mol. The molecule has 0 N–H and O–H groups in total. The van der Waals surface area contributed by atoms with Gasteiger partial charge in [-0.15, -0.1) is 0 Å². The number of benzene rings is 2. The normalized spacial score (nSPS) is 11.2. The second kappa shape index (κ2) is 7.68. The van der Waals surface area contributed by atoms with Gasteiger partial charge in [-0.1, -0.05) is 41.6 Å². The van der Waals surface area contributed by atoms with Crippen LogP contribution in [-0.4, -0.2) is 14.6 Å². The van der Waals surface area contributed by atoms with Gasteiger partial charge in [0.05, 0.1) is 16.6 Å². The van der Waals surface area contributed by atoms with Gasteiger partial charge in [0, 0.05) is 28.7 Å². The Morgan fingerprint density at radius 3 is 2.67 bits per heavy atom. The van der Waals surface area contributed by atoms with Crippen LogP contribution in [0.1, 0.15) is 33.8 Å². The van der Waals surface area contributed by atoms with Gasteiger partial charge >= 0.3 is 5.69 Å². The Labute approximate surface area is 172 Å². The zero-order chi connectivity index (χ0) is 21.3. The van der Waals surface area contributed by atoms with Gasteiger partial charge in [-0.25, -0.2) is 0 Å². The highest BCUT2D eigenvalue weighted by molar-refractivity contribution is 5.94. The summed E-state index contributed by atoms with van der Waals surface area (Å²) < 4.78 is 7.29. The largest absolute Gasteiger partial charge is 0.349 e. The van der Waals surface area contributed by atoms with E-state index in [1.165, 1.54) is 0 Å². The fourth-order valence-electron chi connectivity index (χ4n) is 3.68. The quantitative estimate of drug-likeness (QED) is 0.338. The van der Waals surface area contributed by atoms with Crippen molar-refractivity contribution in [2.45, 2.75) is 20.4 Å². The highest BCUT2D eigenvalue weighted by atomic mass is 16.6. The molecule has 0 aliphatic heterocycles. The van der Waals surface area contributed by atoms with E-state index in [0.717, 1.165) is 27.7 Å². The smallest absolute Gasteiger partial charge is 0.338 e. The minimum Gasteiger partial charge on any atom is -0.349 e. The van der Waals surface area contributed by atoms with Gasteiger partial charge in [0.1, 0.15) is 0 Å². The topological polar surface area (TPSA) is 97.9 Å². The van der Waals surface area contributed by atoms with Crippen molar-refractivity contribution in [1.29, 1.82) is 5.26 Å². The molecule has 0 saturated carbocycles. The van der Waals surface area contributed by atoms with E-state index in [2.05, 4.69) is 15.8 Å². The molecule has 2 aromatic carbocycles. The number of nitriles is 1. The molecule has 0 radical (unpaired) electrons. The lowest BCUT2D eigenvalue weighted by Gasteiger charge is -2.10. The molecule has 0 unspecified atom stereocenters. The van der Waals surface area contributed by atoms with Gasteiger partial charge in [-0.3, -0.25) is 10.1 Å². The number of fused-ring (bicyclic) bond motifs is 1. The van der Waals surface area contributed by atoms with E-state index >= 15 is 0 Å². The van der Waals surface area contributed by atoms with Crippen LogP contribution in [0.25, 0.3) is 23.1 Å². The molecular formula is C23H18N4O3. The number of hydrogen-bond acceptors (Lipinski definition) is 5. The number of para-hydroxylation sites is 1. The monoisotopic (exact) mass is 398 g/mol. The van der Waals surface area contributed by atoms with Crippen molar-refractivity contribution in [3.8, 4) is 6.07 Å². The number of rotatable bonds is 5. The van der Waals surface area contributed by atoms with Crippen LogP contribution in [0.5, 0.6) is 0 Å². The molecule has 0 bridgehead atoms. The minimum absolute atomic E-state index is 0.114. The molecule has 4 aromatic rings. The van der Waals surface area contributed by atoms with Crippen LogP contribution in [-0.2, 0) is 6.54 Å². The summed E-state index contributed by atoms with van der Waals surface area (Å²) in [5.41, 5.74) is 4.62. The summed E-state index contributed by atoms with van der Waals surface area (Å²) in [4.78, 5) is 10.8. The number of nitrogens with zero attached hydrogens (tertiary/aromatic N) is 4. The Morgan fingerprint density at radius 2 is 1.90 bits per heavy atom. The van der Waals surface area contributed by atoms with Crippen molar-refractivity contribution < 1.29 is 9.45 Å². The number of aromatic nitrogens is 2. The summed E-state index contributed by atoms with van der Waals surface area (Å²) in [7, 11) is 0. The molecule has 0 saturated heterocycles. The molecule has 2 aromatic heterocycles. The highest BCUT2D eigenvalue weighted by Gasteiger charge is 2.22. The molecule has 0 aliphatic rings. The predicted molar refractivity (Wildman–Crippen MR) is 114 cm³/mol. The summed E-state index contributed by atoms with van der Waals surface area (Å²) >= 11 is 0. The van der Waals surface area contributed by atoms with Crippen LogP contribution in [0.3, 0.4) is 0 Å². The molecule has 0 atom stereocenters. The van der Waals surface area contributed by atoms with Gasteiger partial charge in [0.25, 0.3) is 0 Å². The van der Waals surface area contributed by atoms with E-state index in [4.69, 9.17) is 4.52 Å². The van der Waals surface area contributed by atoms with Gasteiger partial charge in [0.2, 0.25) is 5.76 Å². The molecule has 0 spiro atoms. The molecule has 30 heavy (non-hydrogen) atoms. The van der Waals surface area contributed by atoms with E-state index in [9.17, 15) is 15.4 Å². The third-order valence-electron chi connectivity index (χ3n) is 5.19. The molecule has 0 fully saturated rings. The van der Waals surface area contributed by atoms with E-state index in [1.54, 1.807) is 13.0 Å². The lowest BCUT2D eigenvalue weighted by atomic mass is 10.1.